The molecule has 6 nitrogen and oxygen atoms in total. The maximum atomic E-state index is 13.1. The van der Waals surface area contributed by atoms with E-state index in [9.17, 15) is 9.59 Å². The Morgan fingerprint density at radius 3 is 2.85 bits per heavy atom. The number of nitrogen functional groups attached to an aromatic ring is 1. The van der Waals surface area contributed by atoms with Crippen LogP contribution < -0.4 is 20.9 Å². The average molecular weight is 350 g/mol. The SMILES string of the molecule is CC1C(=O)Nc2cc(C(=O)N3CCCc4c(N)cccc43)ccc2N1C. The van der Waals surface area contributed by atoms with Gasteiger partial charge in [-0.05, 0) is 55.7 Å². The summed E-state index contributed by atoms with van der Waals surface area (Å²) >= 11 is 0. The Labute approximate surface area is 152 Å². The molecule has 0 radical (unpaired) electrons. The number of benzene rings is 2. The normalized spacial score (nSPS) is 18.8. The summed E-state index contributed by atoms with van der Waals surface area (Å²) in [6.45, 7) is 2.52. The number of nitrogens with two attached hydrogens (primary N) is 1. The second-order valence-electron chi connectivity index (χ2n) is 6.91. The first-order chi connectivity index (χ1) is 12.5. The van der Waals surface area contributed by atoms with Crippen molar-refractivity contribution in [3.63, 3.8) is 0 Å². The fraction of sp³-hybridized carbons (Fsp3) is 0.300. The van der Waals surface area contributed by atoms with Gasteiger partial charge in [-0.1, -0.05) is 6.07 Å². The van der Waals surface area contributed by atoms with Crippen LogP contribution >= 0.6 is 0 Å². The van der Waals surface area contributed by atoms with Gasteiger partial charge < -0.3 is 20.9 Å². The Hall–Kier alpha value is -3.02. The van der Waals surface area contributed by atoms with Crippen LogP contribution in [0.3, 0.4) is 0 Å². The molecule has 2 heterocycles. The molecule has 26 heavy (non-hydrogen) atoms. The van der Waals surface area contributed by atoms with Crippen molar-refractivity contribution in [2.45, 2.75) is 25.8 Å². The van der Waals surface area contributed by atoms with Gasteiger partial charge in [0, 0.05) is 30.5 Å². The van der Waals surface area contributed by atoms with Crippen LogP contribution in [0.5, 0.6) is 0 Å². The molecular formula is C20H22N4O2. The summed E-state index contributed by atoms with van der Waals surface area (Å²) in [7, 11) is 1.88. The molecular weight excluding hydrogens is 328 g/mol. The summed E-state index contributed by atoms with van der Waals surface area (Å²) in [5, 5.41) is 2.90. The van der Waals surface area contributed by atoms with Crippen molar-refractivity contribution in [3.8, 4) is 0 Å². The lowest BCUT2D eigenvalue weighted by atomic mass is 9.98. The van der Waals surface area contributed by atoms with Gasteiger partial charge in [-0.2, -0.15) is 0 Å². The molecule has 0 aliphatic carbocycles. The zero-order chi connectivity index (χ0) is 18.4. The molecule has 1 atom stereocenters. The molecule has 1 unspecified atom stereocenters. The van der Waals surface area contributed by atoms with Crippen molar-refractivity contribution >= 4 is 34.6 Å². The molecule has 2 aromatic carbocycles. The van der Waals surface area contributed by atoms with E-state index >= 15 is 0 Å². The predicted molar refractivity (Wildman–Crippen MR) is 104 cm³/mol. The van der Waals surface area contributed by atoms with E-state index in [2.05, 4.69) is 5.32 Å². The lowest BCUT2D eigenvalue weighted by Crippen LogP contribution is -2.44. The number of nitrogens with zero attached hydrogens (tertiary/aromatic N) is 2. The molecule has 134 valence electrons. The highest BCUT2D eigenvalue weighted by molar-refractivity contribution is 6.10. The number of hydrogen-bond acceptors (Lipinski definition) is 4. The van der Waals surface area contributed by atoms with Crippen LogP contribution in [-0.2, 0) is 11.2 Å². The largest absolute Gasteiger partial charge is 0.398 e. The molecule has 4 rings (SSSR count). The number of carbonyl (C=O) groups is 2. The molecule has 0 spiro atoms. The van der Waals surface area contributed by atoms with Gasteiger partial charge in [0.1, 0.15) is 6.04 Å². The highest BCUT2D eigenvalue weighted by Gasteiger charge is 2.29. The average Bonchev–Trinajstić information content (AvgIpc) is 2.65. The summed E-state index contributed by atoms with van der Waals surface area (Å²) in [5.74, 6) is -0.143. The smallest absolute Gasteiger partial charge is 0.258 e. The van der Waals surface area contributed by atoms with Crippen molar-refractivity contribution in [2.75, 3.05) is 34.4 Å². The Bertz CT molecular complexity index is 909. The van der Waals surface area contributed by atoms with Gasteiger partial charge in [-0.25, -0.2) is 0 Å². The third-order valence-corrected chi connectivity index (χ3v) is 5.37. The number of fused-ring (bicyclic) bond motifs is 2. The molecule has 2 amide bonds. The van der Waals surface area contributed by atoms with Crippen LogP contribution in [0.15, 0.2) is 36.4 Å². The van der Waals surface area contributed by atoms with E-state index in [1.807, 2.05) is 49.2 Å². The highest BCUT2D eigenvalue weighted by Crippen LogP contribution is 2.35. The Kier molecular flexibility index (Phi) is 3.83. The zero-order valence-electron chi connectivity index (χ0n) is 15.0. The van der Waals surface area contributed by atoms with E-state index in [0.717, 1.165) is 35.5 Å². The second-order valence-corrected chi connectivity index (χ2v) is 6.91. The Morgan fingerprint density at radius 1 is 1.23 bits per heavy atom. The topological polar surface area (TPSA) is 78.7 Å². The van der Waals surface area contributed by atoms with E-state index in [0.29, 0.717) is 17.8 Å². The van der Waals surface area contributed by atoms with Crippen LogP contribution in [0.2, 0.25) is 0 Å². The second kappa shape index (κ2) is 6.05. The summed E-state index contributed by atoms with van der Waals surface area (Å²) in [5.41, 5.74) is 10.9. The van der Waals surface area contributed by atoms with E-state index in [-0.39, 0.29) is 17.9 Å². The Balaban J connectivity index is 1.70. The molecule has 0 bridgehead atoms. The van der Waals surface area contributed by atoms with Gasteiger partial charge in [0.05, 0.1) is 11.4 Å². The number of carbonyl (C=O) groups excluding carboxylic acids is 2. The van der Waals surface area contributed by atoms with Gasteiger partial charge in [0.2, 0.25) is 5.91 Å². The molecule has 2 aliphatic heterocycles. The van der Waals surface area contributed by atoms with Crippen molar-refractivity contribution in [2.24, 2.45) is 0 Å². The quantitative estimate of drug-likeness (QED) is 0.775. The third-order valence-electron chi connectivity index (χ3n) is 5.37. The fourth-order valence-electron chi connectivity index (χ4n) is 3.72. The standard InChI is InChI=1S/C20H22N4O2/c1-12-19(25)22-16-11-13(8-9-18(16)23(12)2)20(26)24-10-4-5-14-15(21)6-3-7-17(14)24/h3,6-9,11-12H,4-5,10,21H2,1-2H3,(H,22,25). The van der Waals surface area contributed by atoms with E-state index < -0.39 is 0 Å². The number of rotatable bonds is 1. The minimum absolute atomic E-state index is 0.0688. The maximum Gasteiger partial charge on any atom is 0.258 e. The number of likely N-dealkylation sites (N-methyl/N-ethyl adjacent to an activating group) is 1. The first-order valence-electron chi connectivity index (χ1n) is 8.84. The molecule has 0 saturated heterocycles. The highest BCUT2D eigenvalue weighted by atomic mass is 16.2. The summed E-state index contributed by atoms with van der Waals surface area (Å²) in [4.78, 5) is 28.9. The minimum atomic E-state index is -0.235. The van der Waals surface area contributed by atoms with Crippen molar-refractivity contribution in [1.29, 1.82) is 0 Å². The monoisotopic (exact) mass is 350 g/mol. The zero-order valence-corrected chi connectivity index (χ0v) is 15.0. The molecule has 0 fully saturated rings. The fourth-order valence-corrected chi connectivity index (χ4v) is 3.72. The maximum absolute atomic E-state index is 13.1. The van der Waals surface area contributed by atoms with Crippen LogP contribution in [0.25, 0.3) is 0 Å². The van der Waals surface area contributed by atoms with E-state index in [1.54, 1.807) is 11.0 Å². The minimum Gasteiger partial charge on any atom is -0.398 e. The van der Waals surface area contributed by atoms with Crippen molar-refractivity contribution in [3.05, 3.63) is 47.5 Å². The number of anilines is 4. The molecule has 2 aromatic rings. The lowest BCUT2D eigenvalue weighted by molar-refractivity contribution is -0.117. The van der Waals surface area contributed by atoms with Crippen molar-refractivity contribution in [1.82, 2.24) is 0 Å². The van der Waals surface area contributed by atoms with Gasteiger partial charge in [-0.3, -0.25) is 9.59 Å². The van der Waals surface area contributed by atoms with E-state index in [4.69, 9.17) is 5.73 Å². The number of amides is 2. The van der Waals surface area contributed by atoms with Crippen LogP contribution in [0, 0.1) is 0 Å². The van der Waals surface area contributed by atoms with Gasteiger partial charge in [0.25, 0.3) is 5.91 Å². The molecule has 6 heteroatoms. The van der Waals surface area contributed by atoms with Crippen LogP contribution in [0.4, 0.5) is 22.7 Å². The summed E-state index contributed by atoms with van der Waals surface area (Å²) < 4.78 is 0. The van der Waals surface area contributed by atoms with E-state index in [1.165, 1.54) is 0 Å². The first kappa shape index (κ1) is 16.4. The Morgan fingerprint density at radius 2 is 2.04 bits per heavy atom. The van der Waals surface area contributed by atoms with Gasteiger partial charge >= 0.3 is 0 Å². The summed E-state index contributed by atoms with van der Waals surface area (Å²) in [6, 6.07) is 10.9. The van der Waals surface area contributed by atoms with Crippen LogP contribution in [-0.4, -0.2) is 31.4 Å². The lowest BCUT2D eigenvalue weighted by Gasteiger charge is -2.34. The molecule has 2 aliphatic rings. The van der Waals surface area contributed by atoms with Gasteiger partial charge in [-0.15, -0.1) is 0 Å². The molecule has 0 saturated carbocycles. The molecule has 3 N–H and O–H groups in total. The van der Waals surface area contributed by atoms with Gasteiger partial charge in [0.15, 0.2) is 0 Å². The predicted octanol–water partition coefficient (Wildman–Crippen LogP) is 2.64. The molecule has 0 aromatic heterocycles. The first-order valence-corrected chi connectivity index (χ1v) is 8.84. The van der Waals surface area contributed by atoms with Crippen LogP contribution in [0.1, 0.15) is 29.3 Å². The number of hydrogen-bond donors (Lipinski definition) is 2. The summed E-state index contributed by atoms with van der Waals surface area (Å²) in [6.07, 6.45) is 1.77. The third kappa shape index (κ3) is 2.49. The van der Waals surface area contributed by atoms with Crippen molar-refractivity contribution < 1.29 is 9.59 Å². The number of nitrogens with one attached hydrogen (secondary N) is 1.